The standard InChI is InChI=1S/C17H19BrN2O/c1-10-7-13(8-11(2)16(10)18)17-19-14(9-15(21)20-17)12-5-3-4-6-12/h7-9,12H,3-6H2,1-2H3,(H,19,20,21). The van der Waals surface area contributed by atoms with Crippen molar-refractivity contribution in [1.29, 1.82) is 0 Å². The third-order valence-electron chi connectivity index (χ3n) is 4.24. The van der Waals surface area contributed by atoms with Crippen molar-refractivity contribution in [3.63, 3.8) is 0 Å². The maximum Gasteiger partial charge on any atom is 0.251 e. The predicted octanol–water partition coefficient (Wildman–Crippen LogP) is 4.47. The van der Waals surface area contributed by atoms with Crippen molar-refractivity contribution in [2.75, 3.05) is 0 Å². The molecule has 1 saturated carbocycles. The summed E-state index contributed by atoms with van der Waals surface area (Å²) in [6, 6.07) is 5.79. The number of nitrogens with one attached hydrogen (secondary N) is 1. The summed E-state index contributed by atoms with van der Waals surface area (Å²) in [5.41, 5.74) is 4.17. The molecule has 0 unspecified atom stereocenters. The first-order valence-corrected chi connectivity index (χ1v) is 8.22. The summed E-state index contributed by atoms with van der Waals surface area (Å²) in [4.78, 5) is 19.6. The number of hydrogen-bond acceptors (Lipinski definition) is 2. The van der Waals surface area contributed by atoms with Gasteiger partial charge in [-0.25, -0.2) is 4.98 Å². The van der Waals surface area contributed by atoms with Crippen LogP contribution >= 0.6 is 15.9 Å². The molecule has 0 radical (unpaired) electrons. The number of aromatic amines is 1. The molecule has 0 amide bonds. The van der Waals surface area contributed by atoms with Crippen LogP contribution in [0.2, 0.25) is 0 Å². The van der Waals surface area contributed by atoms with Crippen molar-refractivity contribution in [1.82, 2.24) is 9.97 Å². The lowest BCUT2D eigenvalue weighted by Crippen LogP contribution is -2.12. The zero-order chi connectivity index (χ0) is 15.0. The van der Waals surface area contributed by atoms with Gasteiger partial charge in [0.1, 0.15) is 5.82 Å². The molecule has 1 aromatic heterocycles. The second-order valence-corrected chi connectivity index (χ2v) is 6.72. The summed E-state index contributed by atoms with van der Waals surface area (Å²) in [5.74, 6) is 1.13. The largest absolute Gasteiger partial charge is 0.307 e. The Morgan fingerprint density at radius 3 is 2.38 bits per heavy atom. The zero-order valence-corrected chi connectivity index (χ0v) is 14.0. The van der Waals surface area contributed by atoms with Crippen molar-refractivity contribution in [3.05, 3.63) is 49.8 Å². The molecular formula is C17H19BrN2O. The monoisotopic (exact) mass is 346 g/mol. The molecule has 1 heterocycles. The van der Waals surface area contributed by atoms with E-state index < -0.39 is 0 Å². The van der Waals surface area contributed by atoms with Gasteiger partial charge in [0.25, 0.3) is 5.56 Å². The Kier molecular flexibility index (Phi) is 3.98. The predicted molar refractivity (Wildman–Crippen MR) is 88.7 cm³/mol. The van der Waals surface area contributed by atoms with E-state index in [4.69, 9.17) is 4.98 Å². The molecule has 1 aromatic carbocycles. The lowest BCUT2D eigenvalue weighted by atomic mass is 10.0. The summed E-state index contributed by atoms with van der Waals surface area (Å²) in [6.45, 7) is 4.11. The number of halogens is 1. The molecule has 3 rings (SSSR count). The van der Waals surface area contributed by atoms with Gasteiger partial charge in [-0.05, 0) is 49.9 Å². The van der Waals surface area contributed by atoms with Crippen LogP contribution in [0.25, 0.3) is 11.4 Å². The normalized spacial score (nSPS) is 15.6. The fourth-order valence-electron chi connectivity index (χ4n) is 3.13. The van der Waals surface area contributed by atoms with Gasteiger partial charge < -0.3 is 4.98 Å². The van der Waals surface area contributed by atoms with E-state index in [1.54, 1.807) is 6.07 Å². The van der Waals surface area contributed by atoms with Gasteiger partial charge in [0.05, 0.1) is 5.69 Å². The molecule has 1 aliphatic carbocycles. The highest BCUT2D eigenvalue weighted by Gasteiger charge is 2.19. The van der Waals surface area contributed by atoms with Gasteiger partial charge in [0.15, 0.2) is 0 Å². The van der Waals surface area contributed by atoms with E-state index in [0.29, 0.717) is 11.7 Å². The summed E-state index contributed by atoms with van der Waals surface area (Å²) < 4.78 is 1.11. The second kappa shape index (κ2) is 5.76. The Bertz CT molecular complexity index is 707. The van der Waals surface area contributed by atoms with Crippen molar-refractivity contribution in [2.45, 2.75) is 45.4 Å². The number of rotatable bonds is 2. The van der Waals surface area contributed by atoms with Gasteiger partial charge in [-0.2, -0.15) is 0 Å². The van der Waals surface area contributed by atoms with Crippen LogP contribution in [-0.2, 0) is 0 Å². The van der Waals surface area contributed by atoms with Crippen molar-refractivity contribution >= 4 is 15.9 Å². The highest BCUT2D eigenvalue weighted by atomic mass is 79.9. The maximum atomic E-state index is 12.0. The van der Waals surface area contributed by atoms with Gasteiger partial charge in [-0.3, -0.25) is 4.79 Å². The third kappa shape index (κ3) is 2.95. The van der Waals surface area contributed by atoms with E-state index >= 15 is 0 Å². The van der Waals surface area contributed by atoms with Crippen molar-refractivity contribution in [2.24, 2.45) is 0 Å². The molecule has 110 valence electrons. The van der Waals surface area contributed by atoms with Crippen LogP contribution in [0.15, 0.2) is 27.5 Å². The van der Waals surface area contributed by atoms with Gasteiger partial charge in [0.2, 0.25) is 0 Å². The van der Waals surface area contributed by atoms with E-state index in [9.17, 15) is 4.79 Å². The quantitative estimate of drug-likeness (QED) is 0.871. The van der Waals surface area contributed by atoms with E-state index in [0.717, 1.165) is 39.7 Å². The summed E-state index contributed by atoms with van der Waals surface area (Å²) in [7, 11) is 0. The molecule has 0 saturated heterocycles. The maximum absolute atomic E-state index is 12.0. The third-order valence-corrected chi connectivity index (χ3v) is 5.50. The van der Waals surface area contributed by atoms with E-state index in [1.165, 1.54) is 12.8 Å². The fraction of sp³-hybridized carbons (Fsp3) is 0.412. The minimum absolute atomic E-state index is 0.0554. The number of hydrogen-bond donors (Lipinski definition) is 1. The Balaban J connectivity index is 2.08. The number of H-pyrrole nitrogens is 1. The molecule has 0 atom stereocenters. The molecular weight excluding hydrogens is 328 g/mol. The Labute approximate surface area is 133 Å². The molecule has 4 heteroatoms. The lowest BCUT2D eigenvalue weighted by Gasteiger charge is -2.11. The van der Waals surface area contributed by atoms with Gasteiger partial charge in [-0.15, -0.1) is 0 Å². The van der Waals surface area contributed by atoms with Crippen LogP contribution in [-0.4, -0.2) is 9.97 Å². The number of benzene rings is 1. The summed E-state index contributed by atoms with van der Waals surface area (Å²) >= 11 is 3.58. The van der Waals surface area contributed by atoms with E-state index in [-0.39, 0.29) is 5.56 Å². The first-order chi connectivity index (χ1) is 10.0. The molecule has 0 spiro atoms. The minimum atomic E-state index is -0.0554. The molecule has 3 nitrogen and oxygen atoms in total. The minimum Gasteiger partial charge on any atom is -0.307 e. The Morgan fingerprint density at radius 1 is 1.14 bits per heavy atom. The van der Waals surface area contributed by atoms with Crippen LogP contribution in [0.4, 0.5) is 0 Å². The first-order valence-electron chi connectivity index (χ1n) is 7.43. The van der Waals surface area contributed by atoms with Gasteiger partial charge >= 0.3 is 0 Å². The van der Waals surface area contributed by atoms with E-state index in [1.807, 2.05) is 0 Å². The smallest absolute Gasteiger partial charge is 0.251 e. The summed E-state index contributed by atoms with van der Waals surface area (Å²) in [6.07, 6.45) is 4.78. The lowest BCUT2D eigenvalue weighted by molar-refractivity contribution is 0.693. The van der Waals surface area contributed by atoms with Crippen LogP contribution < -0.4 is 5.56 Å². The van der Waals surface area contributed by atoms with Gasteiger partial charge in [-0.1, -0.05) is 28.8 Å². The number of aryl methyl sites for hydroxylation is 2. The van der Waals surface area contributed by atoms with Crippen LogP contribution in [0.3, 0.4) is 0 Å². The van der Waals surface area contributed by atoms with Crippen LogP contribution in [0, 0.1) is 13.8 Å². The molecule has 1 fully saturated rings. The highest BCUT2D eigenvalue weighted by Crippen LogP contribution is 2.33. The fourth-order valence-corrected chi connectivity index (χ4v) is 3.36. The zero-order valence-electron chi connectivity index (χ0n) is 12.4. The van der Waals surface area contributed by atoms with Crippen LogP contribution in [0.1, 0.15) is 48.4 Å². The highest BCUT2D eigenvalue weighted by molar-refractivity contribution is 9.10. The Morgan fingerprint density at radius 2 is 1.76 bits per heavy atom. The SMILES string of the molecule is Cc1cc(-c2nc(C3CCCC3)cc(=O)[nH]2)cc(C)c1Br. The molecule has 0 bridgehead atoms. The first kappa shape index (κ1) is 14.5. The average Bonchev–Trinajstić information content (AvgIpc) is 2.97. The number of nitrogens with zero attached hydrogens (tertiary/aromatic N) is 1. The number of aromatic nitrogens is 2. The summed E-state index contributed by atoms with van der Waals surface area (Å²) in [5, 5.41) is 0. The molecule has 21 heavy (non-hydrogen) atoms. The molecule has 0 aliphatic heterocycles. The van der Waals surface area contributed by atoms with Crippen molar-refractivity contribution < 1.29 is 0 Å². The molecule has 2 aromatic rings. The molecule has 1 aliphatic rings. The van der Waals surface area contributed by atoms with Crippen molar-refractivity contribution in [3.8, 4) is 11.4 Å². The average molecular weight is 347 g/mol. The topological polar surface area (TPSA) is 45.8 Å². The Hall–Kier alpha value is -1.42. The van der Waals surface area contributed by atoms with Gasteiger partial charge in [0, 0.05) is 22.0 Å². The van der Waals surface area contributed by atoms with Crippen LogP contribution in [0.5, 0.6) is 0 Å². The second-order valence-electron chi connectivity index (χ2n) is 5.92. The van der Waals surface area contributed by atoms with E-state index in [2.05, 4.69) is 46.9 Å². The molecule has 1 N–H and O–H groups in total.